The second kappa shape index (κ2) is 9.07. The van der Waals surface area contributed by atoms with Gasteiger partial charge in [0.2, 0.25) is 5.95 Å². The first-order valence-electron chi connectivity index (χ1n) is 7.28. The molecule has 1 aromatic carbocycles. The molecule has 0 bridgehead atoms. The summed E-state index contributed by atoms with van der Waals surface area (Å²) in [6.45, 7) is 1.63. The second-order valence-electron chi connectivity index (χ2n) is 4.81. The maximum atomic E-state index is 12.0. The van der Waals surface area contributed by atoms with E-state index in [-0.39, 0.29) is 5.91 Å². The van der Waals surface area contributed by atoms with Crippen molar-refractivity contribution < 1.29 is 9.53 Å². The summed E-state index contributed by atoms with van der Waals surface area (Å²) in [7, 11) is 1.63. The molecule has 0 radical (unpaired) electrons. The molecule has 6 nitrogen and oxygen atoms in total. The van der Waals surface area contributed by atoms with Gasteiger partial charge in [-0.3, -0.25) is 4.79 Å². The summed E-state index contributed by atoms with van der Waals surface area (Å²) in [6.07, 6.45) is 2.30. The topological polar surface area (TPSA) is 76.1 Å². The number of amides is 1. The van der Waals surface area contributed by atoms with Crippen LogP contribution in [0.3, 0.4) is 0 Å². The van der Waals surface area contributed by atoms with Crippen LogP contribution >= 0.6 is 11.6 Å². The van der Waals surface area contributed by atoms with E-state index in [0.717, 1.165) is 12.0 Å². The molecule has 0 aliphatic heterocycles. The number of carbonyl (C=O) groups is 1. The minimum absolute atomic E-state index is 0.232. The molecule has 1 aromatic heterocycles. The Balaban J connectivity index is 1.91. The fourth-order valence-corrected chi connectivity index (χ4v) is 2.10. The molecule has 0 spiro atoms. The number of carbonyl (C=O) groups excluding carboxylic acids is 1. The molecule has 0 unspecified atom stereocenters. The van der Waals surface area contributed by atoms with Gasteiger partial charge in [-0.2, -0.15) is 0 Å². The lowest BCUT2D eigenvalue weighted by molar-refractivity contribution is 0.0943. The number of aromatic nitrogens is 2. The van der Waals surface area contributed by atoms with Crippen molar-refractivity contribution in [3.63, 3.8) is 0 Å². The van der Waals surface area contributed by atoms with E-state index in [9.17, 15) is 4.79 Å². The highest BCUT2D eigenvalue weighted by Crippen LogP contribution is 2.15. The van der Waals surface area contributed by atoms with Crippen molar-refractivity contribution in [3.05, 3.63) is 52.8 Å². The molecule has 2 N–H and O–H groups in total. The third-order valence-electron chi connectivity index (χ3n) is 3.09. The number of anilines is 1. The van der Waals surface area contributed by atoms with Gasteiger partial charge in [-0.05, 0) is 24.1 Å². The summed E-state index contributed by atoms with van der Waals surface area (Å²) < 4.78 is 4.93. The standard InChI is InChI=1S/C16H19ClN4O2/c1-23-10-4-8-18-15(22)14-7-9-19-16(21-14)20-11-12-5-2-3-6-13(12)17/h2-3,5-7,9H,4,8,10-11H2,1H3,(H,18,22)(H,19,20,21). The average Bonchev–Trinajstić information content (AvgIpc) is 2.58. The third-order valence-corrected chi connectivity index (χ3v) is 3.46. The average molecular weight is 335 g/mol. The fraction of sp³-hybridized carbons (Fsp3) is 0.312. The highest BCUT2D eigenvalue weighted by Gasteiger charge is 2.08. The molecule has 2 rings (SSSR count). The molecule has 7 heteroatoms. The molecular formula is C16H19ClN4O2. The molecule has 0 fully saturated rings. The predicted octanol–water partition coefficient (Wildman–Crippen LogP) is 2.51. The monoisotopic (exact) mass is 334 g/mol. The van der Waals surface area contributed by atoms with E-state index in [0.29, 0.717) is 36.4 Å². The Hall–Kier alpha value is -2.18. The molecule has 0 atom stereocenters. The van der Waals surface area contributed by atoms with Crippen molar-refractivity contribution in [3.8, 4) is 0 Å². The number of hydrogen-bond donors (Lipinski definition) is 2. The largest absolute Gasteiger partial charge is 0.385 e. The van der Waals surface area contributed by atoms with Crippen LogP contribution in [0.2, 0.25) is 5.02 Å². The Kier molecular flexibility index (Phi) is 6.77. The van der Waals surface area contributed by atoms with Crippen molar-refractivity contribution in [2.45, 2.75) is 13.0 Å². The van der Waals surface area contributed by atoms with E-state index in [1.54, 1.807) is 19.4 Å². The highest BCUT2D eigenvalue weighted by molar-refractivity contribution is 6.31. The Morgan fingerprint density at radius 3 is 2.91 bits per heavy atom. The number of hydrogen-bond acceptors (Lipinski definition) is 5. The first-order valence-corrected chi connectivity index (χ1v) is 7.66. The number of nitrogens with zero attached hydrogens (tertiary/aromatic N) is 2. The SMILES string of the molecule is COCCCNC(=O)c1ccnc(NCc2ccccc2Cl)n1. The van der Waals surface area contributed by atoms with E-state index in [1.165, 1.54) is 0 Å². The lowest BCUT2D eigenvalue weighted by Gasteiger charge is -2.08. The lowest BCUT2D eigenvalue weighted by atomic mass is 10.2. The predicted molar refractivity (Wildman–Crippen MR) is 89.6 cm³/mol. The van der Waals surface area contributed by atoms with Crippen LogP contribution < -0.4 is 10.6 Å². The van der Waals surface area contributed by atoms with Gasteiger partial charge in [0.05, 0.1) is 0 Å². The summed E-state index contributed by atoms with van der Waals surface area (Å²) in [6, 6.07) is 9.10. The zero-order valence-electron chi connectivity index (χ0n) is 12.9. The Morgan fingerprint density at radius 1 is 1.30 bits per heavy atom. The summed E-state index contributed by atoms with van der Waals surface area (Å²) in [5.41, 5.74) is 1.26. The second-order valence-corrected chi connectivity index (χ2v) is 5.22. The first-order chi connectivity index (χ1) is 11.2. The number of methoxy groups -OCH3 is 1. The quantitative estimate of drug-likeness (QED) is 0.725. The fourth-order valence-electron chi connectivity index (χ4n) is 1.90. The molecule has 23 heavy (non-hydrogen) atoms. The molecular weight excluding hydrogens is 316 g/mol. The van der Waals surface area contributed by atoms with Gasteiger partial charge < -0.3 is 15.4 Å². The van der Waals surface area contributed by atoms with Crippen LogP contribution in [-0.4, -0.2) is 36.1 Å². The molecule has 0 aliphatic carbocycles. The number of ether oxygens (including phenoxy) is 1. The van der Waals surface area contributed by atoms with Gasteiger partial charge in [-0.1, -0.05) is 29.8 Å². The molecule has 0 saturated carbocycles. The maximum Gasteiger partial charge on any atom is 0.270 e. The van der Waals surface area contributed by atoms with Gasteiger partial charge in [0.25, 0.3) is 5.91 Å². The Labute approximate surface area is 140 Å². The summed E-state index contributed by atoms with van der Waals surface area (Å²) in [4.78, 5) is 20.3. The zero-order valence-corrected chi connectivity index (χ0v) is 13.6. The van der Waals surface area contributed by atoms with Crippen molar-refractivity contribution in [2.24, 2.45) is 0 Å². The number of nitrogens with one attached hydrogen (secondary N) is 2. The lowest BCUT2D eigenvalue weighted by Crippen LogP contribution is -2.26. The molecule has 1 heterocycles. The molecule has 1 amide bonds. The molecule has 2 aromatic rings. The molecule has 0 saturated heterocycles. The van der Waals surface area contributed by atoms with Crippen molar-refractivity contribution in [2.75, 3.05) is 25.6 Å². The van der Waals surface area contributed by atoms with Gasteiger partial charge >= 0.3 is 0 Å². The van der Waals surface area contributed by atoms with Crippen LogP contribution in [0.25, 0.3) is 0 Å². The first kappa shape index (κ1) is 17.2. The Bertz CT molecular complexity index is 651. The van der Waals surface area contributed by atoms with Crippen LogP contribution in [0.4, 0.5) is 5.95 Å². The van der Waals surface area contributed by atoms with Crippen molar-refractivity contribution >= 4 is 23.5 Å². The smallest absolute Gasteiger partial charge is 0.270 e. The summed E-state index contributed by atoms with van der Waals surface area (Å²) in [5.74, 6) is 0.152. The van der Waals surface area contributed by atoms with Gasteiger partial charge in [-0.15, -0.1) is 0 Å². The van der Waals surface area contributed by atoms with E-state index in [1.807, 2.05) is 24.3 Å². The highest BCUT2D eigenvalue weighted by atomic mass is 35.5. The molecule has 0 aliphatic rings. The number of benzene rings is 1. The maximum absolute atomic E-state index is 12.0. The van der Waals surface area contributed by atoms with E-state index >= 15 is 0 Å². The van der Waals surface area contributed by atoms with Crippen LogP contribution in [0.15, 0.2) is 36.5 Å². The van der Waals surface area contributed by atoms with Crippen LogP contribution in [0, 0.1) is 0 Å². The third kappa shape index (κ3) is 5.50. The van der Waals surface area contributed by atoms with Gasteiger partial charge in [0.15, 0.2) is 0 Å². The minimum Gasteiger partial charge on any atom is -0.385 e. The van der Waals surface area contributed by atoms with E-state index in [4.69, 9.17) is 16.3 Å². The van der Waals surface area contributed by atoms with E-state index < -0.39 is 0 Å². The van der Waals surface area contributed by atoms with Gasteiger partial charge in [0.1, 0.15) is 5.69 Å². The van der Waals surface area contributed by atoms with Crippen LogP contribution in [-0.2, 0) is 11.3 Å². The summed E-state index contributed by atoms with van der Waals surface area (Å²) in [5, 5.41) is 6.53. The number of halogens is 1. The zero-order chi connectivity index (χ0) is 16.5. The van der Waals surface area contributed by atoms with Crippen LogP contribution in [0.5, 0.6) is 0 Å². The minimum atomic E-state index is -0.232. The number of rotatable bonds is 8. The van der Waals surface area contributed by atoms with Crippen LogP contribution in [0.1, 0.15) is 22.5 Å². The van der Waals surface area contributed by atoms with Gasteiger partial charge in [-0.25, -0.2) is 9.97 Å². The van der Waals surface area contributed by atoms with Crippen molar-refractivity contribution in [1.29, 1.82) is 0 Å². The normalized spacial score (nSPS) is 10.3. The molecule has 122 valence electrons. The summed E-state index contributed by atoms with van der Waals surface area (Å²) >= 11 is 6.10. The van der Waals surface area contributed by atoms with Crippen molar-refractivity contribution in [1.82, 2.24) is 15.3 Å². The van der Waals surface area contributed by atoms with E-state index in [2.05, 4.69) is 20.6 Å². The van der Waals surface area contributed by atoms with Gasteiger partial charge in [0, 0.05) is 38.0 Å². The Morgan fingerprint density at radius 2 is 2.13 bits per heavy atom.